The second kappa shape index (κ2) is 5.81. The first-order valence-electron chi connectivity index (χ1n) is 6.42. The third-order valence-corrected chi connectivity index (χ3v) is 4.75. The van der Waals surface area contributed by atoms with E-state index in [1.165, 1.54) is 0 Å². The van der Waals surface area contributed by atoms with Crippen LogP contribution in [0.4, 0.5) is 0 Å². The third-order valence-electron chi connectivity index (χ3n) is 3.44. The van der Waals surface area contributed by atoms with Crippen molar-refractivity contribution >= 4 is 37.6 Å². The fourth-order valence-electron chi connectivity index (χ4n) is 2.41. The summed E-state index contributed by atoms with van der Waals surface area (Å²) in [4.78, 5) is 12.4. The fourth-order valence-corrected chi connectivity index (χ4v) is 3.95. The highest BCUT2D eigenvalue weighted by molar-refractivity contribution is 9.11. The lowest BCUT2D eigenvalue weighted by Gasteiger charge is -2.27. The van der Waals surface area contributed by atoms with Crippen LogP contribution in [0.3, 0.4) is 0 Å². The molecule has 0 spiro atoms. The number of rotatable bonds is 2. The highest BCUT2D eigenvalue weighted by Crippen LogP contribution is 2.47. The highest BCUT2D eigenvalue weighted by atomic mass is 79.9. The molecule has 1 heterocycles. The smallest absolute Gasteiger partial charge is 0.170 e. The molecule has 0 radical (unpaired) electrons. The molecule has 3 nitrogen and oxygen atoms in total. The van der Waals surface area contributed by atoms with Gasteiger partial charge in [0.25, 0.3) is 0 Å². The molecule has 1 aliphatic rings. The Hall–Kier alpha value is -1.33. The van der Waals surface area contributed by atoms with Gasteiger partial charge in [-0.1, -0.05) is 30.3 Å². The maximum atomic E-state index is 12.4. The Balaban J connectivity index is 2.07. The van der Waals surface area contributed by atoms with E-state index in [0.29, 0.717) is 28.0 Å². The number of hydrogen-bond acceptors (Lipinski definition) is 3. The van der Waals surface area contributed by atoms with Crippen molar-refractivity contribution in [2.45, 2.75) is 12.5 Å². The van der Waals surface area contributed by atoms with Gasteiger partial charge in [-0.25, -0.2) is 0 Å². The van der Waals surface area contributed by atoms with Crippen molar-refractivity contribution in [1.82, 2.24) is 0 Å². The Morgan fingerprint density at radius 3 is 2.62 bits per heavy atom. The second-order valence-corrected chi connectivity index (χ2v) is 6.37. The van der Waals surface area contributed by atoms with Gasteiger partial charge in [-0.15, -0.1) is 0 Å². The summed E-state index contributed by atoms with van der Waals surface area (Å²) in [7, 11) is 1.58. The Labute approximate surface area is 139 Å². The molecule has 108 valence electrons. The normalized spacial score (nSPS) is 17.1. The average Bonchev–Trinajstić information content (AvgIpc) is 2.49. The van der Waals surface area contributed by atoms with Crippen LogP contribution in [0.1, 0.15) is 28.4 Å². The molecule has 0 amide bonds. The van der Waals surface area contributed by atoms with Crippen LogP contribution in [-0.2, 0) is 0 Å². The minimum absolute atomic E-state index is 0.0640. The molecule has 0 aromatic heterocycles. The summed E-state index contributed by atoms with van der Waals surface area (Å²) < 4.78 is 12.8. The van der Waals surface area contributed by atoms with Gasteiger partial charge in [0.2, 0.25) is 0 Å². The maximum Gasteiger partial charge on any atom is 0.170 e. The number of methoxy groups -OCH3 is 1. The number of carbonyl (C=O) groups is 1. The molecule has 0 aliphatic carbocycles. The minimum Gasteiger partial charge on any atom is -0.494 e. The molecule has 1 aliphatic heterocycles. The number of halogens is 2. The van der Waals surface area contributed by atoms with Gasteiger partial charge in [0.05, 0.1) is 23.6 Å². The summed E-state index contributed by atoms with van der Waals surface area (Å²) in [6.45, 7) is 0. The predicted octanol–water partition coefficient (Wildman–Crippen LogP) is 4.93. The lowest BCUT2D eigenvalue weighted by Crippen LogP contribution is -2.21. The molecule has 0 saturated heterocycles. The Morgan fingerprint density at radius 1 is 1.24 bits per heavy atom. The zero-order valence-corrected chi connectivity index (χ0v) is 14.4. The Kier molecular flexibility index (Phi) is 4.04. The lowest BCUT2D eigenvalue weighted by atomic mass is 9.96. The van der Waals surface area contributed by atoms with E-state index in [9.17, 15) is 4.79 Å². The van der Waals surface area contributed by atoms with Crippen molar-refractivity contribution in [1.29, 1.82) is 0 Å². The first kappa shape index (κ1) is 14.6. The Morgan fingerprint density at radius 2 is 1.95 bits per heavy atom. The zero-order chi connectivity index (χ0) is 15.0. The van der Waals surface area contributed by atoms with E-state index in [-0.39, 0.29) is 11.9 Å². The monoisotopic (exact) mass is 410 g/mol. The van der Waals surface area contributed by atoms with Gasteiger partial charge in [-0.2, -0.15) is 0 Å². The quantitative estimate of drug-likeness (QED) is 0.702. The van der Waals surface area contributed by atoms with Crippen molar-refractivity contribution in [2.24, 2.45) is 0 Å². The van der Waals surface area contributed by atoms with Crippen LogP contribution < -0.4 is 9.47 Å². The molecule has 1 atom stereocenters. The number of ether oxygens (including phenoxy) is 2. The number of fused-ring (bicyclic) bond motifs is 1. The molecule has 1 unspecified atom stereocenters. The zero-order valence-electron chi connectivity index (χ0n) is 11.2. The van der Waals surface area contributed by atoms with Crippen LogP contribution in [0.5, 0.6) is 11.5 Å². The number of carbonyl (C=O) groups excluding carboxylic acids is 1. The number of Topliss-reactive ketones (excluding diaryl/α,β-unsaturated/α-hetero) is 1. The van der Waals surface area contributed by atoms with E-state index in [0.717, 1.165) is 10.0 Å². The van der Waals surface area contributed by atoms with Gasteiger partial charge in [0, 0.05) is 0 Å². The van der Waals surface area contributed by atoms with Gasteiger partial charge in [0.15, 0.2) is 11.5 Å². The molecule has 21 heavy (non-hydrogen) atoms. The largest absolute Gasteiger partial charge is 0.494 e. The average molecular weight is 412 g/mol. The summed E-state index contributed by atoms with van der Waals surface area (Å²) in [5.41, 5.74) is 1.56. The van der Waals surface area contributed by atoms with Gasteiger partial charge in [0.1, 0.15) is 16.3 Å². The molecule has 0 N–H and O–H groups in total. The molecule has 2 aromatic rings. The molecule has 0 bridgehead atoms. The third kappa shape index (κ3) is 2.60. The van der Waals surface area contributed by atoms with Crippen LogP contribution in [0.15, 0.2) is 45.3 Å². The van der Waals surface area contributed by atoms with Crippen molar-refractivity contribution in [3.05, 3.63) is 56.5 Å². The summed E-state index contributed by atoms with van der Waals surface area (Å²) in [6, 6.07) is 11.5. The van der Waals surface area contributed by atoms with Crippen LogP contribution in [0.2, 0.25) is 0 Å². The first-order chi connectivity index (χ1) is 10.1. The summed E-state index contributed by atoms with van der Waals surface area (Å²) in [5.74, 6) is 1.23. The summed E-state index contributed by atoms with van der Waals surface area (Å²) >= 11 is 6.88. The molecular formula is C16H12Br2O3. The molecule has 5 heteroatoms. The van der Waals surface area contributed by atoms with Crippen LogP contribution in [0, 0.1) is 0 Å². The predicted molar refractivity (Wildman–Crippen MR) is 87.2 cm³/mol. The molecule has 0 saturated carbocycles. The number of benzene rings is 2. The van der Waals surface area contributed by atoms with Gasteiger partial charge < -0.3 is 9.47 Å². The molecular weight excluding hydrogens is 400 g/mol. The minimum atomic E-state index is -0.270. The SMILES string of the molecule is COc1c(Br)cc2c(c1Br)OC(c1ccccc1)CC2=O. The number of hydrogen-bond donors (Lipinski definition) is 0. The van der Waals surface area contributed by atoms with E-state index in [4.69, 9.17) is 9.47 Å². The maximum absolute atomic E-state index is 12.4. The standard InChI is InChI=1S/C16H12Br2O3/c1-20-16-11(17)7-10-12(19)8-13(21-15(10)14(16)18)9-5-3-2-4-6-9/h2-7,13H,8H2,1H3. The van der Waals surface area contributed by atoms with Crippen LogP contribution in [-0.4, -0.2) is 12.9 Å². The fraction of sp³-hybridized carbons (Fsp3) is 0.188. The van der Waals surface area contributed by atoms with Crippen molar-refractivity contribution in [2.75, 3.05) is 7.11 Å². The molecule has 3 rings (SSSR count). The Bertz CT molecular complexity index is 698. The topological polar surface area (TPSA) is 35.5 Å². The second-order valence-electron chi connectivity index (χ2n) is 4.73. The van der Waals surface area contributed by atoms with Crippen molar-refractivity contribution < 1.29 is 14.3 Å². The van der Waals surface area contributed by atoms with Gasteiger partial charge >= 0.3 is 0 Å². The molecule has 2 aromatic carbocycles. The van der Waals surface area contributed by atoms with E-state index in [2.05, 4.69) is 31.9 Å². The van der Waals surface area contributed by atoms with Gasteiger partial charge in [-0.3, -0.25) is 4.79 Å². The number of ketones is 1. The van der Waals surface area contributed by atoms with E-state index in [1.54, 1.807) is 13.2 Å². The van der Waals surface area contributed by atoms with E-state index in [1.807, 2.05) is 30.3 Å². The van der Waals surface area contributed by atoms with E-state index < -0.39 is 0 Å². The van der Waals surface area contributed by atoms with Crippen LogP contribution in [0.25, 0.3) is 0 Å². The van der Waals surface area contributed by atoms with E-state index >= 15 is 0 Å². The van der Waals surface area contributed by atoms with Crippen LogP contribution >= 0.6 is 31.9 Å². The van der Waals surface area contributed by atoms with Crippen molar-refractivity contribution in [3.63, 3.8) is 0 Å². The van der Waals surface area contributed by atoms with Gasteiger partial charge in [-0.05, 0) is 43.5 Å². The molecule has 0 fully saturated rings. The summed E-state index contributed by atoms with van der Waals surface area (Å²) in [6.07, 6.45) is 0.0655. The lowest BCUT2D eigenvalue weighted by molar-refractivity contribution is 0.0847. The highest BCUT2D eigenvalue weighted by Gasteiger charge is 2.31. The summed E-state index contributed by atoms with van der Waals surface area (Å²) in [5, 5.41) is 0. The first-order valence-corrected chi connectivity index (χ1v) is 8.01. The van der Waals surface area contributed by atoms with Crippen molar-refractivity contribution in [3.8, 4) is 11.5 Å².